The highest BCUT2D eigenvalue weighted by Gasteiger charge is 2.33. The van der Waals surface area contributed by atoms with Crippen molar-refractivity contribution >= 4 is 11.6 Å². The summed E-state index contributed by atoms with van der Waals surface area (Å²) in [5.41, 5.74) is 0.857. The fourth-order valence-corrected chi connectivity index (χ4v) is 4.40. The second kappa shape index (κ2) is 8.26. The molecule has 2 heterocycles. The molecular formula is C21H29FN4O. The molecule has 5 nitrogen and oxygen atoms in total. The highest BCUT2D eigenvalue weighted by molar-refractivity contribution is 5.79. The van der Waals surface area contributed by atoms with Crippen LogP contribution in [0.1, 0.15) is 39.2 Å². The summed E-state index contributed by atoms with van der Waals surface area (Å²) in [6, 6.07) is 7.44. The lowest BCUT2D eigenvalue weighted by Crippen LogP contribution is -2.57. The van der Waals surface area contributed by atoms with Gasteiger partial charge in [0.05, 0.1) is 17.3 Å². The van der Waals surface area contributed by atoms with Crippen LogP contribution in [-0.4, -0.2) is 60.5 Å². The Balaban J connectivity index is 1.56. The zero-order valence-electron chi connectivity index (χ0n) is 16.5. The third kappa shape index (κ3) is 4.24. The minimum absolute atomic E-state index is 0.0282. The van der Waals surface area contributed by atoms with Crippen LogP contribution in [0.4, 0.5) is 10.1 Å². The zero-order chi connectivity index (χ0) is 19.6. The summed E-state index contributed by atoms with van der Waals surface area (Å²) in [7, 11) is 0. The van der Waals surface area contributed by atoms with Crippen LogP contribution in [-0.2, 0) is 4.79 Å². The molecule has 2 aliphatic heterocycles. The molecule has 0 bridgehead atoms. The van der Waals surface area contributed by atoms with Gasteiger partial charge in [0.15, 0.2) is 0 Å². The standard InChI is InChI=1S/C21H29FN4O/c1-15(2)26-11-10-25(14-16(26)3)21(27)18-6-8-24(9-7-18)20-5-4-17(13-23)12-19(20)22/h4-5,12,15-16,18H,6-11,14H2,1-3H3/t16-/m0/s1. The van der Waals surface area contributed by atoms with Crippen molar-refractivity contribution in [1.82, 2.24) is 9.80 Å². The SMILES string of the molecule is CC(C)N1CCN(C(=O)C2CCN(c3ccc(C#N)cc3F)CC2)C[C@@H]1C. The van der Waals surface area contributed by atoms with Crippen LogP contribution in [0.15, 0.2) is 18.2 Å². The minimum atomic E-state index is -0.363. The quantitative estimate of drug-likeness (QED) is 0.819. The molecule has 0 saturated carbocycles. The number of halogens is 1. The van der Waals surface area contributed by atoms with E-state index in [4.69, 9.17) is 5.26 Å². The molecule has 0 spiro atoms. The number of carbonyl (C=O) groups excluding carboxylic acids is 1. The van der Waals surface area contributed by atoms with E-state index in [1.54, 1.807) is 12.1 Å². The summed E-state index contributed by atoms with van der Waals surface area (Å²) in [5.74, 6) is -0.0804. The van der Waals surface area contributed by atoms with Crippen molar-refractivity contribution < 1.29 is 9.18 Å². The van der Waals surface area contributed by atoms with Crippen molar-refractivity contribution in [3.63, 3.8) is 0 Å². The summed E-state index contributed by atoms with van der Waals surface area (Å²) >= 11 is 0. The average molecular weight is 372 g/mol. The first-order valence-corrected chi connectivity index (χ1v) is 9.89. The number of hydrogen-bond acceptors (Lipinski definition) is 4. The maximum absolute atomic E-state index is 14.2. The van der Waals surface area contributed by atoms with Gasteiger partial charge in [-0.05, 0) is 51.8 Å². The maximum atomic E-state index is 14.2. The van der Waals surface area contributed by atoms with Crippen molar-refractivity contribution in [3.05, 3.63) is 29.6 Å². The van der Waals surface area contributed by atoms with Gasteiger partial charge >= 0.3 is 0 Å². The van der Waals surface area contributed by atoms with Gasteiger partial charge < -0.3 is 9.80 Å². The summed E-state index contributed by atoms with van der Waals surface area (Å²) in [6.07, 6.45) is 1.49. The van der Waals surface area contributed by atoms with E-state index in [0.717, 1.165) is 32.5 Å². The van der Waals surface area contributed by atoms with E-state index in [-0.39, 0.29) is 17.6 Å². The lowest BCUT2D eigenvalue weighted by molar-refractivity contribution is -0.139. The molecule has 27 heavy (non-hydrogen) atoms. The van der Waals surface area contributed by atoms with Crippen LogP contribution in [0.5, 0.6) is 0 Å². The monoisotopic (exact) mass is 372 g/mol. The number of nitriles is 1. The first-order chi connectivity index (χ1) is 12.9. The lowest BCUT2D eigenvalue weighted by Gasteiger charge is -2.43. The molecule has 3 rings (SSSR count). The first kappa shape index (κ1) is 19.6. The molecule has 0 radical (unpaired) electrons. The smallest absolute Gasteiger partial charge is 0.225 e. The van der Waals surface area contributed by atoms with Gasteiger partial charge in [-0.15, -0.1) is 0 Å². The number of carbonyl (C=O) groups is 1. The van der Waals surface area contributed by atoms with Gasteiger partial charge in [0, 0.05) is 50.7 Å². The Morgan fingerprint density at radius 3 is 2.48 bits per heavy atom. The highest BCUT2D eigenvalue weighted by Crippen LogP contribution is 2.28. The lowest BCUT2D eigenvalue weighted by atomic mass is 9.94. The molecule has 0 N–H and O–H groups in total. The number of anilines is 1. The minimum Gasteiger partial charge on any atom is -0.369 e. The van der Waals surface area contributed by atoms with E-state index in [9.17, 15) is 9.18 Å². The van der Waals surface area contributed by atoms with Gasteiger partial charge in [0.1, 0.15) is 5.82 Å². The summed E-state index contributed by atoms with van der Waals surface area (Å²) < 4.78 is 14.2. The van der Waals surface area contributed by atoms with Crippen molar-refractivity contribution in [3.8, 4) is 6.07 Å². The van der Waals surface area contributed by atoms with Gasteiger partial charge in [-0.2, -0.15) is 5.26 Å². The topological polar surface area (TPSA) is 50.6 Å². The first-order valence-electron chi connectivity index (χ1n) is 9.89. The summed E-state index contributed by atoms with van der Waals surface area (Å²) in [5, 5.41) is 8.87. The van der Waals surface area contributed by atoms with Crippen LogP contribution in [0.2, 0.25) is 0 Å². The zero-order valence-corrected chi connectivity index (χ0v) is 16.5. The molecule has 0 aliphatic carbocycles. The van der Waals surface area contributed by atoms with Crippen LogP contribution in [0, 0.1) is 23.1 Å². The second-order valence-electron chi connectivity index (χ2n) is 8.00. The van der Waals surface area contributed by atoms with Crippen LogP contribution in [0.3, 0.4) is 0 Å². The molecule has 1 amide bonds. The number of nitrogens with zero attached hydrogens (tertiary/aromatic N) is 4. The van der Waals surface area contributed by atoms with Crippen LogP contribution < -0.4 is 4.90 Å². The molecule has 1 aromatic rings. The Kier molecular flexibility index (Phi) is 6.01. The molecule has 0 unspecified atom stereocenters. The molecule has 146 valence electrons. The highest BCUT2D eigenvalue weighted by atomic mass is 19.1. The van der Waals surface area contributed by atoms with Crippen molar-refractivity contribution in [2.24, 2.45) is 5.92 Å². The molecule has 1 aromatic carbocycles. The fourth-order valence-electron chi connectivity index (χ4n) is 4.40. The maximum Gasteiger partial charge on any atom is 0.225 e. The van der Waals surface area contributed by atoms with Crippen LogP contribution in [0.25, 0.3) is 0 Å². The van der Waals surface area contributed by atoms with Gasteiger partial charge in [-0.1, -0.05) is 0 Å². The number of piperazine rings is 1. The van der Waals surface area contributed by atoms with Crippen molar-refractivity contribution in [2.45, 2.75) is 45.7 Å². The van der Waals surface area contributed by atoms with E-state index in [0.29, 0.717) is 36.4 Å². The second-order valence-corrected chi connectivity index (χ2v) is 8.00. The van der Waals surface area contributed by atoms with E-state index < -0.39 is 0 Å². The molecule has 0 aromatic heterocycles. The Morgan fingerprint density at radius 2 is 1.93 bits per heavy atom. The van der Waals surface area contributed by atoms with E-state index in [1.165, 1.54) is 6.07 Å². The predicted octanol–water partition coefficient (Wildman–Crippen LogP) is 2.85. The van der Waals surface area contributed by atoms with E-state index >= 15 is 0 Å². The van der Waals surface area contributed by atoms with Gasteiger partial charge in [0.2, 0.25) is 5.91 Å². The van der Waals surface area contributed by atoms with Gasteiger partial charge in [-0.25, -0.2) is 4.39 Å². The van der Waals surface area contributed by atoms with Gasteiger partial charge in [-0.3, -0.25) is 9.69 Å². The van der Waals surface area contributed by atoms with Gasteiger partial charge in [0.25, 0.3) is 0 Å². The Labute approximate surface area is 161 Å². The number of benzene rings is 1. The Morgan fingerprint density at radius 1 is 1.22 bits per heavy atom. The molecule has 2 saturated heterocycles. The molecule has 6 heteroatoms. The summed E-state index contributed by atoms with van der Waals surface area (Å²) in [6.45, 7) is 10.4. The Bertz CT molecular complexity index is 721. The number of piperidine rings is 1. The van der Waals surface area contributed by atoms with E-state index in [1.807, 2.05) is 15.9 Å². The number of amides is 1. The van der Waals surface area contributed by atoms with Crippen LogP contribution >= 0.6 is 0 Å². The normalized spacial score (nSPS) is 22.1. The Hall–Kier alpha value is -2.13. The average Bonchev–Trinajstić information content (AvgIpc) is 2.67. The number of hydrogen-bond donors (Lipinski definition) is 0. The van der Waals surface area contributed by atoms with Crippen molar-refractivity contribution in [1.29, 1.82) is 5.26 Å². The fraction of sp³-hybridized carbons (Fsp3) is 0.619. The van der Waals surface area contributed by atoms with E-state index in [2.05, 4.69) is 25.7 Å². The third-order valence-electron chi connectivity index (χ3n) is 5.92. The third-order valence-corrected chi connectivity index (χ3v) is 5.92. The predicted molar refractivity (Wildman–Crippen MR) is 104 cm³/mol. The number of rotatable bonds is 3. The molecular weight excluding hydrogens is 343 g/mol. The summed E-state index contributed by atoms with van der Waals surface area (Å²) in [4.78, 5) is 19.4. The molecule has 2 aliphatic rings. The largest absolute Gasteiger partial charge is 0.369 e. The van der Waals surface area contributed by atoms with Crippen molar-refractivity contribution in [2.75, 3.05) is 37.6 Å². The molecule has 1 atom stereocenters. The molecule has 2 fully saturated rings.